The van der Waals surface area contributed by atoms with Gasteiger partial charge < -0.3 is 5.73 Å². The third-order valence-electron chi connectivity index (χ3n) is 2.42. The van der Waals surface area contributed by atoms with Gasteiger partial charge in [-0.2, -0.15) is 0 Å². The fraction of sp³-hybridized carbons (Fsp3) is 0.500. The Kier molecular flexibility index (Phi) is 5.31. The first-order valence-electron chi connectivity index (χ1n) is 4.84. The second-order valence-electron chi connectivity index (χ2n) is 4.87. The molecule has 0 aliphatic rings. The molecule has 0 aliphatic carbocycles. The zero-order valence-electron chi connectivity index (χ0n) is 9.67. The summed E-state index contributed by atoms with van der Waals surface area (Å²) in [5.41, 5.74) is 8.72. The molecule has 0 bridgehead atoms. The van der Waals surface area contributed by atoms with Gasteiger partial charge in [0.05, 0.1) is 0 Å². The van der Waals surface area contributed by atoms with Crippen molar-refractivity contribution in [3.8, 4) is 0 Å². The second kappa shape index (κ2) is 5.33. The molecule has 0 aromatic heterocycles. The quantitative estimate of drug-likeness (QED) is 0.824. The first-order chi connectivity index (χ1) is 6.32. The van der Waals surface area contributed by atoms with Crippen LogP contribution in [-0.4, -0.2) is 0 Å². The molecular weight excluding hydrogens is 273 g/mol. The molecule has 15 heavy (non-hydrogen) atoms. The Balaban J connectivity index is 0.00000196. The van der Waals surface area contributed by atoms with Crippen LogP contribution in [0.2, 0.25) is 0 Å². The molecule has 1 nitrogen and oxygen atoms in total. The van der Waals surface area contributed by atoms with E-state index in [2.05, 4.69) is 61.8 Å². The predicted octanol–water partition coefficient (Wildman–Crippen LogP) is 4.23. The number of benzene rings is 1. The highest BCUT2D eigenvalue weighted by Gasteiger charge is 2.23. The van der Waals surface area contributed by atoms with Crippen molar-refractivity contribution in [2.45, 2.75) is 33.7 Å². The first-order valence-corrected chi connectivity index (χ1v) is 5.63. The van der Waals surface area contributed by atoms with E-state index in [9.17, 15) is 0 Å². The second-order valence-corrected chi connectivity index (χ2v) is 5.72. The zero-order valence-corrected chi connectivity index (χ0v) is 12.1. The third-order valence-corrected chi connectivity index (χ3v) is 3.11. The minimum absolute atomic E-state index is 0. The molecular formula is C12H19BrClN. The largest absolute Gasteiger partial charge is 0.323 e. The fourth-order valence-corrected chi connectivity index (χ4v) is 2.09. The van der Waals surface area contributed by atoms with E-state index in [1.165, 1.54) is 11.1 Å². The lowest BCUT2D eigenvalue weighted by Gasteiger charge is -2.28. The average Bonchev–Trinajstić information content (AvgIpc) is 2.01. The summed E-state index contributed by atoms with van der Waals surface area (Å²) >= 11 is 3.56. The van der Waals surface area contributed by atoms with Gasteiger partial charge in [-0.15, -0.1) is 12.4 Å². The molecule has 0 amide bonds. The van der Waals surface area contributed by atoms with Crippen LogP contribution in [0.1, 0.15) is 37.9 Å². The highest BCUT2D eigenvalue weighted by molar-refractivity contribution is 9.10. The van der Waals surface area contributed by atoms with E-state index < -0.39 is 0 Å². The molecule has 0 saturated carbocycles. The molecule has 1 atom stereocenters. The molecule has 2 N–H and O–H groups in total. The number of aryl methyl sites for hydroxylation is 1. The van der Waals surface area contributed by atoms with Gasteiger partial charge in [-0.05, 0) is 29.5 Å². The van der Waals surface area contributed by atoms with E-state index in [0.29, 0.717) is 0 Å². The molecule has 0 aliphatic heterocycles. The van der Waals surface area contributed by atoms with Crippen LogP contribution >= 0.6 is 28.3 Å². The maximum absolute atomic E-state index is 6.19. The van der Waals surface area contributed by atoms with Crippen molar-refractivity contribution < 1.29 is 0 Å². The molecule has 0 heterocycles. The van der Waals surface area contributed by atoms with Crippen molar-refractivity contribution in [3.05, 3.63) is 33.8 Å². The normalized spacial score (nSPS) is 13.2. The molecule has 0 radical (unpaired) electrons. The predicted molar refractivity (Wildman–Crippen MR) is 72.5 cm³/mol. The van der Waals surface area contributed by atoms with E-state index in [0.717, 1.165) is 4.47 Å². The highest BCUT2D eigenvalue weighted by Crippen LogP contribution is 2.34. The summed E-state index contributed by atoms with van der Waals surface area (Å²) in [6.07, 6.45) is 0. The number of hydrogen-bond acceptors (Lipinski definition) is 1. The van der Waals surface area contributed by atoms with Crippen LogP contribution in [0.5, 0.6) is 0 Å². The molecule has 0 saturated heterocycles. The van der Waals surface area contributed by atoms with E-state index in [1.54, 1.807) is 0 Å². The van der Waals surface area contributed by atoms with Gasteiger partial charge >= 0.3 is 0 Å². The van der Waals surface area contributed by atoms with Gasteiger partial charge in [0.1, 0.15) is 0 Å². The Labute approximate surface area is 107 Å². The minimum atomic E-state index is 0. The Morgan fingerprint density at radius 2 is 1.80 bits per heavy atom. The van der Waals surface area contributed by atoms with Crippen molar-refractivity contribution in [1.29, 1.82) is 0 Å². The number of rotatable bonds is 1. The number of halogens is 2. The minimum Gasteiger partial charge on any atom is -0.323 e. The van der Waals surface area contributed by atoms with Gasteiger partial charge in [0.25, 0.3) is 0 Å². The lowest BCUT2D eigenvalue weighted by molar-refractivity contribution is 0.326. The summed E-state index contributed by atoms with van der Waals surface area (Å²) in [6, 6.07) is 6.39. The summed E-state index contributed by atoms with van der Waals surface area (Å²) < 4.78 is 1.11. The van der Waals surface area contributed by atoms with Crippen LogP contribution in [-0.2, 0) is 0 Å². The van der Waals surface area contributed by atoms with Crippen LogP contribution in [0, 0.1) is 12.3 Å². The summed E-state index contributed by atoms with van der Waals surface area (Å²) in [5, 5.41) is 0. The summed E-state index contributed by atoms with van der Waals surface area (Å²) in [4.78, 5) is 0. The number of hydrogen-bond donors (Lipinski definition) is 1. The van der Waals surface area contributed by atoms with Gasteiger partial charge in [-0.3, -0.25) is 0 Å². The Morgan fingerprint density at radius 1 is 1.27 bits per heavy atom. The third kappa shape index (κ3) is 3.78. The lowest BCUT2D eigenvalue weighted by Crippen LogP contribution is -2.26. The van der Waals surface area contributed by atoms with E-state index >= 15 is 0 Å². The first kappa shape index (κ1) is 14.9. The van der Waals surface area contributed by atoms with Crippen LogP contribution in [0.3, 0.4) is 0 Å². The molecule has 1 aromatic carbocycles. The van der Waals surface area contributed by atoms with Gasteiger partial charge in [0.15, 0.2) is 0 Å². The standard InChI is InChI=1S/C12H18BrN.ClH/c1-8-5-6-9(10(13)7-8)11(14)12(2,3)4;/h5-7,11H,14H2,1-4H3;1H/t11-;/m1./s1. The van der Waals surface area contributed by atoms with Crippen molar-refractivity contribution in [2.75, 3.05) is 0 Å². The van der Waals surface area contributed by atoms with E-state index in [-0.39, 0.29) is 23.9 Å². The maximum atomic E-state index is 6.19. The molecule has 3 heteroatoms. The zero-order chi connectivity index (χ0) is 10.9. The summed E-state index contributed by atoms with van der Waals surface area (Å²) in [5.74, 6) is 0. The molecule has 0 unspecified atom stereocenters. The maximum Gasteiger partial charge on any atom is 0.0355 e. The Hall–Kier alpha value is -0.0500. The van der Waals surface area contributed by atoms with Crippen LogP contribution in [0.25, 0.3) is 0 Å². The Bertz CT molecular complexity index is 331. The van der Waals surface area contributed by atoms with E-state index in [4.69, 9.17) is 5.73 Å². The van der Waals surface area contributed by atoms with Crippen molar-refractivity contribution in [2.24, 2.45) is 11.1 Å². The van der Waals surface area contributed by atoms with Crippen molar-refractivity contribution in [3.63, 3.8) is 0 Å². The molecule has 0 fully saturated rings. The van der Waals surface area contributed by atoms with Crippen LogP contribution < -0.4 is 5.73 Å². The van der Waals surface area contributed by atoms with Crippen LogP contribution in [0.4, 0.5) is 0 Å². The van der Waals surface area contributed by atoms with Gasteiger partial charge in [-0.25, -0.2) is 0 Å². The highest BCUT2D eigenvalue weighted by atomic mass is 79.9. The average molecular weight is 293 g/mol. The monoisotopic (exact) mass is 291 g/mol. The summed E-state index contributed by atoms with van der Waals surface area (Å²) in [7, 11) is 0. The molecule has 1 rings (SSSR count). The number of nitrogens with two attached hydrogens (primary N) is 1. The van der Waals surface area contributed by atoms with Crippen LogP contribution in [0.15, 0.2) is 22.7 Å². The molecule has 1 aromatic rings. The molecule has 0 spiro atoms. The van der Waals surface area contributed by atoms with Crippen molar-refractivity contribution >= 4 is 28.3 Å². The Morgan fingerprint density at radius 3 is 2.20 bits per heavy atom. The fourth-order valence-electron chi connectivity index (χ4n) is 1.35. The van der Waals surface area contributed by atoms with Crippen molar-refractivity contribution in [1.82, 2.24) is 0 Å². The smallest absolute Gasteiger partial charge is 0.0355 e. The SMILES string of the molecule is Cc1ccc([C@@H](N)C(C)(C)C)c(Br)c1.Cl. The topological polar surface area (TPSA) is 26.0 Å². The molecule has 86 valence electrons. The summed E-state index contributed by atoms with van der Waals surface area (Å²) in [6.45, 7) is 8.55. The lowest BCUT2D eigenvalue weighted by atomic mass is 9.83. The van der Waals surface area contributed by atoms with E-state index in [1.807, 2.05) is 0 Å². The van der Waals surface area contributed by atoms with Gasteiger partial charge in [0, 0.05) is 10.5 Å². The van der Waals surface area contributed by atoms with Gasteiger partial charge in [0.2, 0.25) is 0 Å². The van der Waals surface area contributed by atoms with Gasteiger partial charge in [-0.1, -0.05) is 48.8 Å².